The predicted octanol–water partition coefficient (Wildman–Crippen LogP) is 8.57. The predicted molar refractivity (Wildman–Crippen MR) is 143 cm³/mol. The first kappa shape index (κ1) is 28.6. The Morgan fingerprint density at radius 1 is 0.714 bits per heavy atom. The van der Waals surface area contributed by atoms with Gasteiger partial charge in [-0.1, -0.05) is 90.7 Å². The van der Waals surface area contributed by atoms with Gasteiger partial charge in [0.25, 0.3) is 0 Å². The maximum absolute atomic E-state index is 12.5. The molecule has 0 N–H and O–H groups in total. The lowest BCUT2D eigenvalue weighted by atomic mass is 10.0. The van der Waals surface area contributed by atoms with Crippen LogP contribution in [0.3, 0.4) is 0 Å². The molecule has 35 heavy (non-hydrogen) atoms. The van der Waals surface area contributed by atoms with Crippen molar-refractivity contribution in [3.05, 3.63) is 65.2 Å². The van der Waals surface area contributed by atoms with Crippen molar-refractivity contribution in [2.75, 3.05) is 6.61 Å². The van der Waals surface area contributed by atoms with E-state index in [9.17, 15) is 9.59 Å². The minimum atomic E-state index is -0.435. The third-order valence-electron chi connectivity index (χ3n) is 6.58. The zero-order chi connectivity index (χ0) is 25.3. The fourth-order valence-corrected chi connectivity index (χ4v) is 3.97. The van der Waals surface area contributed by atoms with Crippen LogP contribution >= 0.6 is 0 Å². The van der Waals surface area contributed by atoms with Gasteiger partial charge in [-0.2, -0.15) is 0 Å². The van der Waals surface area contributed by atoms with Crippen LogP contribution in [0.2, 0.25) is 0 Å². The van der Waals surface area contributed by atoms with Crippen molar-refractivity contribution in [2.24, 2.45) is 5.92 Å². The second-order valence-corrected chi connectivity index (χ2v) is 9.63. The van der Waals surface area contributed by atoms with Crippen molar-refractivity contribution in [3.8, 4) is 5.75 Å². The Labute approximate surface area is 212 Å². The monoisotopic (exact) mass is 480 g/mol. The van der Waals surface area contributed by atoms with Gasteiger partial charge in [0.2, 0.25) is 0 Å². The maximum atomic E-state index is 12.5. The quantitative estimate of drug-likeness (QED) is 0.129. The van der Waals surface area contributed by atoms with E-state index >= 15 is 0 Å². The molecule has 0 aliphatic rings. The largest absolute Gasteiger partial charge is 0.462 e. The fraction of sp³-hybridized carbons (Fsp3) is 0.548. The molecule has 1 atom stereocenters. The van der Waals surface area contributed by atoms with Crippen molar-refractivity contribution >= 4 is 11.9 Å². The normalized spacial score (nSPS) is 11.7. The molecule has 2 aromatic rings. The molecule has 4 heteroatoms. The van der Waals surface area contributed by atoms with E-state index in [0.717, 1.165) is 25.2 Å². The summed E-state index contributed by atoms with van der Waals surface area (Å²) < 4.78 is 10.9. The first-order chi connectivity index (χ1) is 17.0. The van der Waals surface area contributed by atoms with Gasteiger partial charge in [-0.15, -0.1) is 0 Å². The van der Waals surface area contributed by atoms with Crippen LogP contribution in [0, 0.1) is 5.92 Å². The Morgan fingerprint density at radius 2 is 1.31 bits per heavy atom. The van der Waals surface area contributed by atoms with Crippen molar-refractivity contribution in [1.29, 1.82) is 0 Å². The highest BCUT2D eigenvalue weighted by atomic mass is 16.5. The van der Waals surface area contributed by atoms with Gasteiger partial charge in [0, 0.05) is 0 Å². The highest BCUT2D eigenvalue weighted by Crippen LogP contribution is 2.17. The maximum Gasteiger partial charge on any atom is 0.343 e. The fourth-order valence-electron chi connectivity index (χ4n) is 3.97. The van der Waals surface area contributed by atoms with Gasteiger partial charge in [0.1, 0.15) is 5.75 Å². The van der Waals surface area contributed by atoms with Crippen molar-refractivity contribution in [3.63, 3.8) is 0 Å². The van der Waals surface area contributed by atoms with Crippen molar-refractivity contribution in [1.82, 2.24) is 0 Å². The molecule has 2 aromatic carbocycles. The Kier molecular flexibility index (Phi) is 13.8. The molecule has 0 aliphatic heterocycles. The first-order valence-electron chi connectivity index (χ1n) is 13.6. The van der Waals surface area contributed by atoms with Crippen LogP contribution in [-0.2, 0) is 11.2 Å². The van der Waals surface area contributed by atoms with E-state index in [2.05, 4.69) is 20.8 Å². The third-order valence-corrected chi connectivity index (χ3v) is 6.58. The molecule has 0 aliphatic carbocycles. The molecule has 0 saturated carbocycles. The summed E-state index contributed by atoms with van der Waals surface area (Å²) in [6, 6.07) is 14.2. The summed E-state index contributed by atoms with van der Waals surface area (Å²) in [6.07, 6.45) is 14.3. The second kappa shape index (κ2) is 16.9. The molecule has 0 amide bonds. The number of hydrogen-bond donors (Lipinski definition) is 0. The number of benzene rings is 2. The van der Waals surface area contributed by atoms with Crippen LogP contribution in [0.25, 0.3) is 0 Å². The molecule has 0 aromatic heterocycles. The van der Waals surface area contributed by atoms with Crippen LogP contribution in [-0.4, -0.2) is 18.5 Å². The highest BCUT2D eigenvalue weighted by Gasteiger charge is 2.12. The standard InChI is InChI=1S/C31H44O4/c1-4-6-7-8-9-12-15-26-16-22-29(23-17-26)35-31(33)28-20-18-27(19-21-28)30(32)34-24-13-10-11-14-25(3)5-2/h16-23,25H,4-15,24H2,1-3H3. The van der Waals surface area contributed by atoms with E-state index in [1.165, 1.54) is 63.4 Å². The van der Waals surface area contributed by atoms with Gasteiger partial charge in [0.05, 0.1) is 17.7 Å². The van der Waals surface area contributed by atoms with Gasteiger partial charge in [-0.3, -0.25) is 0 Å². The van der Waals surface area contributed by atoms with Crippen LogP contribution in [0.5, 0.6) is 5.75 Å². The van der Waals surface area contributed by atoms with Gasteiger partial charge in [0.15, 0.2) is 0 Å². The Balaban J connectivity index is 1.70. The molecule has 0 fully saturated rings. The SMILES string of the molecule is CCCCCCCCc1ccc(OC(=O)c2ccc(C(=O)OCCCCCC(C)CC)cc2)cc1. The molecule has 0 heterocycles. The Hall–Kier alpha value is -2.62. The van der Waals surface area contributed by atoms with E-state index in [0.29, 0.717) is 23.5 Å². The molecule has 0 spiro atoms. The minimum Gasteiger partial charge on any atom is -0.462 e. The van der Waals surface area contributed by atoms with Gasteiger partial charge < -0.3 is 9.47 Å². The van der Waals surface area contributed by atoms with Gasteiger partial charge in [-0.25, -0.2) is 9.59 Å². The number of esters is 2. The molecule has 0 radical (unpaired) electrons. The topological polar surface area (TPSA) is 52.6 Å². The summed E-state index contributed by atoms with van der Waals surface area (Å²) in [6.45, 7) is 7.15. The zero-order valence-corrected chi connectivity index (χ0v) is 22.0. The summed E-state index contributed by atoms with van der Waals surface area (Å²) in [5.74, 6) is 0.498. The molecule has 0 saturated heterocycles. The number of carbonyl (C=O) groups is 2. The van der Waals surface area contributed by atoms with Crippen LogP contribution in [0.1, 0.15) is 118 Å². The number of unbranched alkanes of at least 4 members (excludes halogenated alkanes) is 7. The highest BCUT2D eigenvalue weighted by molar-refractivity contribution is 5.94. The summed E-state index contributed by atoms with van der Waals surface area (Å²) >= 11 is 0. The first-order valence-corrected chi connectivity index (χ1v) is 13.6. The molecular weight excluding hydrogens is 436 g/mol. The van der Waals surface area contributed by atoms with E-state index in [1.54, 1.807) is 24.3 Å². The average Bonchev–Trinajstić information content (AvgIpc) is 2.88. The Morgan fingerprint density at radius 3 is 1.97 bits per heavy atom. The van der Waals surface area contributed by atoms with Gasteiger partial charge in [-0.05, 0) is 67.1 Å². The lowest BCUT2D eigenvalue weighted by Gasteiger charge is -2.08. The van der Waals surface area contributed by atoms with E-state index in [1.807, 2.05) is 24.3 Å². The molecule has 192 valence electrons. The summed E-state index contributed by atoms with van der Waals surface area (Å²) in [5, 5.41) is 0. The lowest BCUT2D eigenvalue weighted by Crippen LogP contribution is -2.10. The minimum absolute atomic E-state index is 0.354. The second-order valence-electron chi connectivity index (χ2n) is 9.63. The summed E-state index contributed by atoms with van der Waals surface area (Å²) in [5.41, 5.74) is 2.11. The Bertz CT molecular complexity index is 855. The van der Waals surface area contributed by atoms with Crippen molar-refractivity contribution in [2.45, 2.75) is 97.8 Å². The molecule has 2 rings (SSSR count). The average molecular weight is 481 g/mol. The number of rotatable bonds is 17. The number of carbonyl (C=O) groups excluding carboxylic acids is 2. The number of ether oxygens (including phenoxy) is 2. The number of hydrogen-bond acceptors (Lipinski definition) is 4. The van der Waals surface area contributed by atoms with E-state index < -0.39 is 5.97 Å². The van der Waals surface area contributed by atoms with Crippen molar-refractivity contribution < 1.29 is 19.1 Å². The van der Waals surface area contributed by atoms with E-state index in [4.69, 9.17) is 9.47 Å². The van der Waals surface area contributed by atoms with Crippen LogP contribution in [0.4, 0.5) is 0 Å². The lowest BCUT2D eigenvalue weighted by molar-refractivity contribution is 0.0496. The molecule has 1 unspecified atom stereocenters. The third kappa shape index (κ3) is 11.6. The van der Waals surface area contributed by atoms with Crippen LogP contribution in [0.15, 0.2) is 48.5 Å². The summed E-state index contributed by atoms with van der Waals surface area (Å²) in [7, 11) is 0. The zero-order valence-electron chi connectivity index (χ0n) is 22.0. The molecule has 0 bridgehead atoms. The smallest absolute Gasteiger partial charge is 0.343 e. The summed E-state index contributed by atoms with van der Waals surface area (Å²) in [4.78, 5) is 24.7. The molecular formula is C31H44O4. The van der Waals surface area contributed by atoms with Gasteiger partial charge >= 0.3 is 11.9 Å². The van der Waals surface area contributed by atoms with Crippen LogP contribution < -0.4 is 4.74 Å². The number of aryl methyl sites for hydroxylation is 1. The molecule has 4 nitrogen and oxygen atoms in total. The van der Waals surface area contributed by atoms with E-state index in [-0.39, 0.29) is 5.97 Å².